The monoisotopic (exact) mass is 260 g/mol. The molecule has 1 aliphatic rings. The van der Waals surface area contributed by atoms with Crippen LogP contribution in [0.5, 0.6) is 11.5 Å². The third-order valence-corrected chi connectivity index (χ3v) is 3.18. The zero-order valence-corrected chi connectivity index (χ0v) is 10.5. The normalized spacial score (nSPS) is 19.4. The maximum atomic E-state index is 13.9. The predicted octanol–water partition coefficient (Wildman–Crippen LogP) is 2.70. The summed E-state index contributed by atoms with van der Waals surface area (Å²) in [7, 11) is 2.99. The molecule has 2 rings (SSSR count). The Morgan fingerprint density at radius 3 is 2.82 bits per heavy atom. The lowest BCUT2D eigenvalue weighted by molar-refractivity contribution is 0.143. The van der Waals surface area contributed by atoms with Gasteiger partial charge in [0.15, 0.2) is 11.5 Å². The fourth-order valence-corrected chi connectivity index (χ4v) is 2.38. The number of methoxy groups -OCH3 is 2. The van der Waals surface area contributed by atoms with E-state index in [2.05, 4.69) is 0 Å². The van der Waals surface area contributed by atoms with Gasteiger partial charge in [0.1, 0.15) is 5.82 Å². The molecule has 1 aromatic carbocycles. The molecular formula is C12H14ClFO3. The molecule has 0 aliphatic carbocycles. The molecule has 0 N–H and O–H groups in total. The SMILES string of the molecule is COc1cc(F)c2c(c1OC)C(Cl)COCC2. The van der Waals surface area contributed by atoms with Crippen LogP contribution in [0.25, 0.3) is 0 Å². The summed E-state index contributed by atoms with van der Waals surface area (Å²) in [6.45, 7) is 0.806. The molecule has 1 heterocycles. The molecule has 0 amide bonds. The molecular weight excluding hydrogens is 247 g/mol. The zero-order valence-electron chi connectivity index (χ0n) is 9.76. The molecule has 0 saturated heterocycles. The third kappa shape index (κ3) is 2.19. The number of halogens is 2. The van der Waals surface area contributed by atoms with Crippen LogP contribution >= 0.6 is 11.6 Å². The van der Waals surface area contributed by atoms with Gasteiger partial charge >= 0.3 is 0 Å². The van der Waals surface area contributed by atoms with E-state index in [9.17, 15) is 4.39 Å². The van der Waals surface area contributed by atoms with E-state index in [0.717, 1.165) is 0 Å². The molecule has 1 unspecified atom stereocenters. The lowest BCUT2D eigenvalue weighted by atomic mass is 10.00. The molecule has 0 fully saturated rings. The van der Waals surface area contributed by atoms with E-state index in [4.69, 9.17) is 25.8 Å². The van der Waals surface area contributed by atoms with Crippen LogP contribution in [0, 0.1) is 5.82 Å². The Balaban J connectivity index is 2.64. The van der Waals surface area contributed by atoms with Crippen LogP contribution in [0.15, 0.2) is 6.07 Å². The number of fused-ring (bicyclic) bond motifs is 1. The lowest BCUT2D eigenvalue weighted by Gasteiger charge is -2.18. The molecule has 1 aromatic rings. The van der Waals surface area contributed by atoms with Crippen LogP contribution in [0.4, 0.5) is 4.39 Å². The highest BCUT2D eigenvalue weighted by Crippen LogP contribution is 2.42. The second-order valence-corrected chi connectivity index (χ2v) is 4.31. The van der Waals surface area contributed by atoms with Crippen molar-refractivity contribution in [1.82, 2.24) is 0 Å². The van der Waals surface area contributed by atoms with Gasteiger partial charge in [-0.25, -0.2) is 4.39 Å². The summed E-state index contributed by atoms with van der Waals surface area (Å²) < 4.78 is 29.7. The summed E-state index contributed by atoms with van der Waals surface area (Å²) >= 11 is 6.21. The van der Waals surface area contributed by atoms with Crippen molar-refractivity contribution in [2.45, 2.75) is 11.8 Å². The largest absolute Gasteiger partial charge is 0.493 e. The Hall–Kier alpha value is -1.00. The fourth-order valence-electron chi connectivity index (χ4n) is 2.06. The third-order valence-electron chi connectivity index (χ3n) is 2.84. The van der Waals surface area contributed by atoms with Gasteiger partial charge in [0, 0.05) is 11.6 Å². The smallest absolute Gasteiger partial charge is 0.165 e. The van der Waals surface area contributed by atoms with Gasteiger partial charge in [0.05, 0.1) is 32.8 Å². The van der Waals surface area contributed by atoms with Crippen molar-refractivity contribution in [3.63, 3.8) is 0 Å². The summed E-state index contributed by atoms with van der Waals surface area (Å²) in [4.78, 5) is 0. The van der Waals surface area contributed by atoms with Crippen LogP contribution in [-0.4, -0.2) is 27.4 Å². The highest BCUT2D eigenvalue weighted by atomic mass is 35.5. The average Bonchev–Trinajstić information content (AvgIpc) is 2.52. The van der Waals surface area contributed by atoms with E-state index in [0.29, 0.717) is 42.3 Å². The lowest BCUT2D eigenvalue weighted by Crippen LogP contribution is -2.05. The minimum atomic E-state index is -0.424. The Morgan fingerprint density at radius 1 is 1.41 bits per heavy atom. The maximum absolute atomic E-state index is 13.9. The van der Waals surface area contributed by atoms with Gasteiger partial charge < -0.3 is 14.2 Å². The zero-order chi connectivity index (χ0) is 12.4. The van der Waals surface area contributed by atoms with Gasteiger partial charge in [-0.15, -0.1) is 11.6 Å². The number of hydrogen-bond donors (Lipinski definition) is 0. The number of ether oxygens (including phenoxy) is 3. The minimum absolute atomic E-state index is 0.325. The second-order valence-electron chi connectivity index (χ2n) is 3.78. The first-order valence-corrected chi connectivity index (χ1v) is 5.77. The number of alkyl halides is 1. The van der Waals surface area contributed by atoms with Gasteiger partial charge in [0.25, 0.3) is 0 Å². The fraction of sp³-hybridized carbons (Fsp3) is 0.500. The molecule has 0 aromatic heterocycles. The van der Waals surface area contributed by atoms with Crippen molar-refractivity contribution in [2.75, 3.05) is 27.4 Å². The van der Waals surface area contributed by atoms with Gasteiger partial charge in [-0.1, -0.05) is 0 Å². The molecule has 0 spiro atoms. The first-order valence-electron chi connectivity index (χ1n) is 5.34. The molecule has 0 radical (unpaired) electrons. The van der Waals surface area contributed by atoms with Crippen molar-refractivity contribution in [1.29, 1.82) is 0 Å². The summed E-state index contributed by atoms with van der Waals surface area (Å²) in [5.74, 6) is 0.527. The van der Waals surface area contributed by atoms with E-state index in [1.54, 1.807) is 0 Å². The van der Waals surface area contributed by atoms with Crippen molar-refractivity contribution in [3.8, 4) is 11.5 Å². The highest BCUT2D eigenvalue weighted by Gasteiger charge is 2.27. The van der Waals surface area contributed by atoms with E-state index < -0.39 is 5.38 Å². The van der Waals surface area contributed by atoms with Crippen molar-refractivity contribution < 1.29 is 18.6 Å². The number of rotatable bonds is 2. The van der Waals surface area contributed by atoms with Crippen LogP contribution in [0.2, 0.25) is 0 Å². The molecule has 17 heavy (non-hydrogen) atoms. The standard InChI is InChI=1S/C12H14ClFO3/c1-15-10-5-9(14)7-3-4-17-6-8(13)11(7)12(10)16-2/h5,8H,3-4,6H2,1-2H3. The van der Waals surface area contributed by atoms with Gasteiger partial charge in [-0.05, 0) is 12.0 Å². The van der Waals surface area contributed by atoms with Crippen molar-refractivity contribution >= 4 is 11.6 Å². The van der Waals surface area contributed by atoms with Crippen LogP contribution in [-0.2, 0) is 11.2 Å². The highest BCUT2D eigenvalue weighted by molar-refractivity contribution is 6.21. The number of benzene rings is 1. The summed E-state index contributed by atoms with van der Waals surface area (Å²) in [5, 5.41) is -0.424. The first-order chi connectivity index (χ1) is 8.19. The second kappa shape index (κ2) is 5.10. The number of hydrogen-bond acceptors (Lipinski definition) is 3. The molecule has 5 heteroatoms. The Morgan fingerprint density at radius 2 is 2.18 bits per heavy atom. The van der Waals surface area contributed by atoms with Gasteiger partial charge in [0.2, 0.25) is 0 Å². The summed E-state index contributed by atoms with van der Waals surface area (Å²) in [6.07, 6.45) is 0.491. The topological polar surface area (TPSA) is 27.7 Å². The molecule has 1 aliphatic heterocycles. The summed E-state index contributed by atoms with van der Waals surface area (Å²) in [6, 6.07) is 1.33. The van der Waals surface area contributed by atoms with Crippen molar-refractivity contribution in [3.05, 3.63) is 23.0 Å². The minimum Gasteiger partial charge on any atom is -0.493 e. The Kier molecular flexibility index (Phi) is 3.74. The quantitative estimate of drug-likeness (QED) is 0.766. The van der Waals surface area contributed by atoms with Gasteiger partial charge in [-0.2, -0.15) is 0 Å². The predicted molar refractivity (Wildman–Crippen MR) is 62.6 cm³/mol. The molecule has 1 atom stereocenters. The van der Waals surface area contributed by atoms with Crippen LogP contribution in [0.3, 0.4) is 0 Å². The molecule has 0 saturated carbocycles. The van der Waals surface area contributed by atoms with E-state index in [-0.39, 0.29) is 5.82 Å². The van der Waals surface area contributed by atoms with Crippen molar-refractivity contribution in [2.24, 2.45) is 0 Å². The van der Waals surface area contributed by atoms with Crippen LogP contribution in [0.1, 0.15) is 16.5 Å². The average molecular weight is 261 g/mol. The Bertz CT molecular complexity index is 423. The molecule has 3 nitrogen and oxygen atoms in total. The first kappa shape index (κ1) is 12.5. The molecule has 94 valence electrons. The molecule has 0 bridgehead atoms. The van der Waals surface area contributed by atoms with Crippen LogP contribution < -0.4 is 9.47 Å². The maximum Gasteiger partial charge on any atom is 0.165 e. The Labute approximate surface area is 104 Å². The van der Waals surface area contributed by atoms with E-state index in [1.165, 1.54) is 20.3 Å². The van der Waals surface area contributed by atoms with E-state index >= 15 is 0 Å². The summed E-state index contributed by atoms with van der Waals surface area (Å²) in [5.41, 5.74) is 1.20. The van der Waals surface area contributed by atoms with E-state index in [1.807, 2.05) is 0 Å². The van der Waals surface area contributed by atoms with Gasteiger partial charge in [-0.3, -0.25) is 0 Å².